The van der Waals surface area contributed by atoms with Gasteiger partial charge in [-0.15, -0.1) is 0 Å². The molecule has 8 heteroatoms. The third-order valence-corrected chi connectivity index (χ3v) is 6.68. The van der Waals surface area contributed by atoms with Crippen LogP contribution >= 0.6 is 0 Å². The van der Waals surface area contributed by atoms with Crippen LogP contribution in [-0.2, 0) is 16.0 Å². The molecule has 2 aliphatic rings. The van der Waals surface area contributed by atoms with Gasteiger partial charge in [0.25, 0.3) is 5.91 Å². The first-order valence-corrected chi connectivity index (χ1v) is 11.8. The Morgan fingerprint density at radius 2 is 1.88 bits per heavy atom. The minimum atomic E-state index is -1.13. The summed E-state index contributed by atoms with van der Waals surface area (Å²) >= 11 is 0. The van der Waals surface area contributed by atoms with Gasteiger partial charge in [0, 0.05) is 31.5 Å². The molecule has 0 saturated carbocycles. The molecule has 2 heterocycles. The van der Waals surface area contributed by atoms with Crippen LogP contribution in [0.15, 0.2) is 24.3 Å². The van der Waals surface area contributed by atoms with Crippen molar-refractivity contribution in [2.75, 3.05) is 40.3 Å². The van der Waals surface area contributed by atoms with Crippen LogP contribution in [0.25, 0.3) is 0 Å². The Hall–Kier alpha value is -2.48. The molecule has 1 aromatic carbocycles. The van der Waals surface area contributed by atoms with Gasteiger partial charge in [0.2, 0.25) is 5.91 Å². The first kappa shape index (κ1) is 25.1. The lowest BCUT2D eigenvalue weighted by atomic mass is 9.73. The standard InChI is InChI=1S/C25H37FN4O3/c1-24(2,3)21(31)29-14-10-19(11-15-29)25(17-18-8-6-9-20(26)16-18)22(32)30(23(33)27-25)13-7-12-28(4)5/h6,8-9,16,19H,7,10-15,17H2,1-5H3,(H,27,33)/t25-/m0/s1. The smallest absolute Gasteiger partial charge is 0.325 e. The van der Waals surface area contributed by atoms with Gasteiger partial charge in [0.15, 0.2) is 0 Å². The number of piperidine rings is 1. The second kappa shape index (κ2) is 9.79. The fourth-order valence-electron chi connectivity index (χ4n) is 4.95. The van der Waals surface area contributed by atoms with Crippen LogP contribution in [0.2, 0.25) is 0 Å². The maximum atomic E-state index is 13.9. The van der Waals surface area contributed by atoms with E-state index in [1.165, 1.54) is 17.0 Å². The Kier molecular flexibility index (Phi) is 7.46. The number of likely N-dealkylation sites (tertiary alicyclic amines) is 1. The fraction of sp³-hybridized carbons (Fsp3) is 0.640. The summed E-state index contributed by atoms with van der Waals surface area (Å²) in [5.41, 5.74) is -0.918. The number of halogens is 1. The van der Waals surface area contributed by atoms with Crippen LogP contribution in [0.4, 0.5) is 9.18 Å². The number of nitrogens with one attached hydrogen (secondary N) is 1. The Morgan fingerprint density at radius 1 is 1.21 bits per heavy atom. The normalized spacial score (nSPS) is 22.3. The summed E-state index contributed by atoms with van der Waals surface area (Å²) in [7, 11) is 3.90. The van der Waals surface area contributed by atoms with Crippen molar-refractivity contribution >= 4 is 17.8 Å². The van der Waals surface area contributed by atoms with Crippen molar-refractivity contribution in [1.29, 1.82) is 0 Å². The highest BCUT2D eigenvalue weighted by atomic mass is 19.1. The monoisotopic (exact) mass is 460 g/mol. The largest absolute Gasteiger partial charge is 0.342 e. The van der Waals surface area contributed by atoms with Crippen molar-refractivity contribution in [3.05, 3.63) is 35.6 Å². The zero-order valence-electron chi connectivity index (χ0n) is 20.5. The lowest BCUT2D eigenvalue weighted by molar-refractivity contribution is -0.142. The lowest BCUT2D eigenvalue weighted by Crippen LogP contribution is -2.58. The van der Waals surface area contributed by atoms with Gasteiger partial charge in [-0.1, -0.05) is 32.9 Å². The van der Waals surface area contributed by atoms with Crippen LogP contribution in [0.3, 0.4) is 0 Å². The first-order valence-electron chi connectivity index (χ1n) is 11.8. The Labute approximate surface area is 196 Å². The van der Waals surface area contributed by atoms with E-state index in [0.29, 0.717) is 44.5 Å². The zero-order valence-corrected chi connectivity index (χ0v) is 20.5. The molecule has 182 valence electrons. The molecule has 4 amide bonds. The van der Waals surface area contributed by atoms with E-state index < -0.39 is 11.0 Å². The fourth-order valence-corrected chi connectivity index (χ4v) is 4.95. The van der Waals surface area contributed by atoms with E-state index in [-0.39, 0.29) is 36.0 Å². The summed E-state index contributed by atoms with van der Waals surface area (Å²) in [4.78, 5) is 44.6. The Morgan fingerprint density at radius 3 is 2.45 bits per heavy atom. The summed E-state index contributed by atoms with van der Waals surface area (Å²) < 4.78 is 13.9. The molecule has 1 atom stereocenters. The van der Waals surface area contributed by atoms with Gasteiger partial charge < -0.3 is 15.1 Å². The van der Waals surface area contributed by atoms with E-state index in [4.69, 9.17) is 0 Å². The average Bonchev–Trinajstić information content (AvgIpc) is 2.97. The molecule has 3 rings (SSSR count). The number of carbonyl (C=O) groups is 3. The van der Waals surface area contributed by atoms with Crippen LogP contribution in [0.1, 0.15) is 45.6 Å². The first-order chi connectivity index (χ1) is 15.4. The highest BCUT2D eigenvalue weighted by molar-refractivity contribution is 6.07. The van der Waals surface area contributed by atoms with Crippen molar-refractivity contribution in [2.24, 2.45) is 11.3 Å². The SMILES string of the molecule is CN(C)CCCN1C(=O)N[C@@](Cc2cccc(F)c2)(C2CCN(C(=O)C(C)(C)C)CC2)C1=O. The van der Waals surface area contributed by atoms with E-state index in [0.717, 1.165) is 6.54 Å². The Bertz CT molecular complexity index is 890. The lowest BCUT2D eigenvalue weighted by Gasteiger charge is -2.42. The van der Waals surface area contributed by atoms with Crippen molar-refractivity contribution in [3.63, 3.8) is 0 Å². The highest BCUT2D eigenvalue weighted by Crippen LogP contribution is 2.37. The number of nitrogens with zero attached hydrogens (tertiary/aromatic N) is 3. The third kappa shape index (κ3) is 5.54. The second-order valence-corrected chi connectivity index (χ2v) is 10.6. The van der Waals surface area contributed by atoms with E-state index in [2.05, 4.69) is 5.32 Å². The van der Waals surface area contributed by atoms with Gasteiger partial charge in [-0.2, -0.15) is 0 Å². The molecule has 2 fully saturated rings. The summed E-state index contributed by atoms with van der Waals surface area (Å²) in [6.45, 7) is 7.89. The molecule has 2 saturated heterocycles. The average molecular weight is 461 g/mol. The number of carbonyl (C=O) groups excluding carboxylic acids is 3. The van der Waals surface area contributed by atoms with Crippen molar-refractivity contribution < 1.29 is 18.8 Å². The van der Waals surface area contributed by atoms with Crippen LogP contribution in [0, 0.1) is 17.2 Å². The molecule has 0 aliphatic carbocycles. The van der Waals surface area contributed by atoms with Crippen molar-refractivity contribution in [1.82, 2.24) is 20.0 Å². The van der Waals surface area contributed by atoms with Crippen LogP contribution < -0.4 is 5.32 Å². The highest BCUT2D eigenvalue weighted by Gasteiger charge is 2.56. The van der Waals surface area contributed by atoms with Crippen LogP contribution in [0.5, 0.6) is 0 Å². The molecule has 0 unspecified atom stereocenters. The van der Waals surface area contributed by atoms with E-state index in [1.807, 2.05) is 44.7 Å². The molecular formula is C25H37FN4O3. The van der Waals surface area contributed by atoms with Gasteiger partial charge in [-0.05, 0) is 63.5 Å². The predicted molar refractivity (Wildman–Crippen MR) is 125 cm³/mol. The number of benzene rings is 1. The molecule has 0 bridgehead atoms. The van der Waals surface area contributed by atoms with Crippen LogP contribution in [-0.4, -0.2) is 78.4 Å². The molecule has 1 N–H and O–H groups in total. The summed E-state index contributed by atoms with van der Waals surface area (Å²) in [6.07, 6.45) is 2.13. The Balaban J connectivity index is 1.84. The molecule has 2 aliphatic heterocycles. The minimum absolute atomic E-state index is 0.0900. The van der Waals surface area contributed by atoms with Gasteiger partial charge in [-0.25, -0.2) is 9.18 Å². The molecule has 7 nitrogen and oxygen atoms in total. The summed E-state index contributed by atoms with van der Waals surface area (Å²) in [6, 6.07) is 5.82. The van der Waals surface area contributed by atoms with Gasteiger partial charge >= 0.3 is 6.03 Å². The topological polar surface area (TPSA) is 73.0 Å². The number of hydrogen-bond donors (Lipinski definition) is 1. The van der Waals surface area contributed by atoms with E-state index in [9.17, 15) is 18.8 Å². The molecule has 1 aromatic rings. The van der Waals surface area contributed by atoms with Crippen molar-refractivity contribution in [3.8, 4) is 0 Å². The number of imide groups is 1. The second-order valence-electron chi connectivity index (χ2n) is 10.6. The van der Waals surface area contributed by atoms with Crippen molar-refractivity contribution in [2.45, 2.75) is 52.0 Å². The summed E-state index contributed by atoms with van der Waals surface area (Å²) in [5.74, 6) is -0.656. The maximum Gasteiger partial charge on any atom is 0.325 e. The number of urea groups is 1. The number of amides is 4. The van der Waals surface area contributed by atoms with Gasteiger partial charge in [-0.3, -0.25) is 14.5 Å². The quantitative estimate of drug-likeness (QED) is 0.635. The molecule has 0 spiro atoms. The molecular weight excluding hydrogens is 423 g/mol. The maximum absolute atomic E-state index is 13.9. The molecule has 0 radical (unpaired) electrons. The number of hydrogen-bond acceptors (Lipinski definition) is 4. The number of rotatable bonds is 7. The van der Waals surface area contributed by atoms with E-state index in [1.54, 1.807) is 12.1 Å². The third-order valence-electron chi connectivity index (χ3n) is 6.68. The molecule has 0 aromatic heterocycles. The van der Waals surface area contributed by atoms with Gasteiger partial charge in [0.1, 0.15) is 11.4 Å². The zero-order chi connectivity index (χ0) is 24.4. The molecule has 33 heavy (non-hydrogen) atoms. The summed E-state index contributed by atoms with van der Waals surface area (Å²) in [5, 5.41) is 3.02. The van der Waals surface area contributed by atoms with E-state index >= 15 is 0 Å². The minimum Gasteiger partial charge on any atom is -0.342 e. The predicted octanol–water partition coefficient (Wildman–Crippen LogP) is 2.90. The van der Waals surface area contributed by atoms with Gasteiger partial charge in [0.05, 0.1) is 0 Å².